The van der Waals surface area contributed by atoms with Crippen LogP contribution in [0.15, 0.2) is 12.1 Å². The van der Waals surface area contributed by atoms with Crippen LogP contribution in [0.25, 0.3) is 0 Å². The fraction of sp³-hybridized carbons (Fsp3) is 0.714. The minimum atomic E-state index is 0.0517. The van der Waals surface area contributed by atoms with E-state index in [2.05, 4.69) is 90.7 Å². The van der Waals surface area contributed by atoms with E-state index in [0.29, 0.717) is 18.5 Å². The molecule has 4 nitrogen and oxygen atoms in total. The van der Waals surface area contributed by atoms with E-state index in [1.54, 1.807) is 0 Å². The maximum Gasteiger partial charge on any atom is 0.133 e. The first-order chi connectivity index (χ1) is 11.3. The van der Waals surface area contributed by atoms with Crippen molar-refractivity contribution in [1.82, 2.24) is 19.6 Å². The molecule has 0 aliphatic rings. The van der Waals surface area contributed by atoms with Crippen LogP contribution in [0.4, 0.5) is 0 Å². The first-order valence-corrected chi connectivity index (χ1v) is 9.47. The molecule has 0 aromatic carbocycles. The molecule has 0 aliphatic carbocycles. The smallest absolute Gasteiger partial charge is 0.133 e. The molecule has 0 aliphatic heterocycles. The summed E-state index contributed by atoms with van der Waals surface area (Å²) in [5.74, 6) is 0.849. The molecule has 4 heteroatoms. The van der Waals surface area contributed by atoms with Crippen molar-refractivity contribution >= 4 is 0 Å². The lowest BCUT2D eigenvalue weighted by atomic mass is 9.91. The van der Waals surface area contributed by atoms with Crippen molar-refractivity contribution < 1.29 is 0 Å². The number of hydrogen-bond acceptors (Lipinski definition) is 2. The molecule has 0 N–H and O–H groups in total. The first kappa shape index (κ1) is 19.7. The second kappa shape index (κ2) is 6.62. The van der Waals surface area contributed by atoms with Crippen LogP contribution in [-0.2, 0) is 17.5 Å². The van der Waals surface area contributed by atoms with Gasteiger partial charge in [-0.15, -0.1) is 0 Å². The summed E-state index contributed by atoms with van der Waals surface area (Å²) in [5, 5.41) is 9.81. The van der Waals surface area contributed by atoms with Crippen molar-refractivity contribution in [1.29, 1.82) is 0 Å². The Balaban J connectivity index is 2.53. The van der Waals surface area contributed by atoms with Gasteiger partial charge in [0.2, 0.25) is 0 Å². The van der Waals surface area contributed by atoms with Crippen LogP contribution in [0.5, 0.6) is 0 Å². The molecule has 0 fully saturated rings. The van der Waals surface area contributed by atoms with Gasteiger partial charge in [0.15, 0.2) is 0 Å². The summed E-state index contributed by atoms with van der Waals surface area (Å²) < 4.78 is 4.28. The Hall–Kier alpha value is -1.58. The van der Waals surface area contributed by atoms with Crippen molar-refractivity contribution in [2.24, 2.45) is 0 Å². The van der Waals surface area contributed by atoms with Gasteiger partial charge in [0.25, 0.3) is 0 Å². The molecule has 0 saturated heterocycles. The number of hydrogen-bond donors (Lipinski definition) is 0. The summed E-state index contributed by atoms with van der Waals surface area (Å²) in [6, 6.07) is 4.52. The third-order valence-electron chi connectivity index (χ3n) is 4.59. The maximum atomic E-state index is 4.90. The van der Waals surface area contributed by atoms with E-state index in [9.17, 15) is 0 Å². The van der Waals surface area contributed by atoms with Gasteiger partial charge in [-0.05, 0) is 24.0 Å². The number of aromatic nitrogens is 4. The van der Waals surface area contributed by atoms with Crippen LogP contribution in [0.2, 0.25) is 0 Å². The van der Waals surface area contributed by atoms with Gasteiger partial charge in [-0.3, -0.25) is 0 Å². The fourth-order valence-electron chi connectivity index (χ4n) is 2.99. The quantitative estimate of drug-likeness (QED) is 0.741. The second-order valence-corrected chi connectivity index (χ2v) is 9.86. The molecule has 0 amide bonds. The Labute approximate surface area is 153 Å². The predicted octanol–water partition coefficient (Wildman–Crippen LogP) is 5.43. The average molecular weight is 345 g/mol. The lowest BCUT2D eigenvalue weighted by Crippen LogP contribution is -2.25. The molecule has 0 spiro atoms. The topological polar surface area (TPSA) is 35.6 Å². The van der Waals surface area contributed by atoms with Crippen LogP contribution < -0.4 is 0 Å². The molecule has 2 aromatic heterocycles. The van der Waals surface area contributed by atoms with Gasteiger partial charge in [-0.25, -0.2) is 9.36 Å². The van der Waals surface area contributed by atoms with Crippen LogP contribution >= 0.6 is 0 Å². The standard InChI is InChI=1S/C21H36N4/c1-14(2)16-11-18(20(5,6)7)24(22-16)13-25-19(21(8,9)10)12-17(23-25)15(3)4/h11-12,14-15H,13H2,1-10H3. The molecular weight excluding hydrogens is 308 g/mol. The van der Waals surface area contributed by atoms with E-state index < -0.39 is 0 Å². The lowest BCUT2D eigenvalue weighted by Gasteiger charge is -2.23. The fourth-order valence-corrected chi connectivity index (χ4v) is 2.99. The normalized spacial score (nSPS) is 13.3. The molecule has 140 valence electrons. The summed E-state index contributed by atoms with van der Waals surface area (Å²) in [6.07, 6.45) is 0. The van der Waals surface area contributed by atoms with Crippen molar-refractivity contribution in [2.45, 2.75) is 98.6 Å². The van der Waals surface area contributed by atoms with Crippen molar-refractivity contribution in [3.63, 3.8) is 0 Å². The molecule has 2 aromatic rings. The zero-order valence-electron chi connectivity index (χ0n) is 17.8. The Morgan fingerprint density at radius 2 is 1.04 bits per heavy atom. The van der Waals surface area contributed by atoms with Gasteiger partial charge >= 0.3 is 0 Å². The monoisotopic (exact) mass is 344 g/mol. The second-order valence-electron chi connectivity index (χ2n) is 9.86. The van der Waals surface area contributed by atoms with Gasteiger partial charge in [-0.2, -0.15) is 10.2 Å². The Morgan fingerprint density at radius 1 is 0.720 bits per heavy atom. The van der Waals surface area contributed by atoms with Crippen molar-refractivity contribution in [3.8, 4) is 0 Å². The van der Waals surface area contributed by atoms with Crippen molar-refractivity contribution in [3.05, 3.63) is 34.9 Å². The van der Waals surface area contributed by atoms with E-state index in [4.69, 9.17) is 10.2 Å². The lowest BCUT2D eigenvalue weighted by molar-refractivity contribution is 0.404. The van der Waals surface area contributed by atoms with Gasteiger partial charge < -0.3 is 0 Å². The Morgan fingerprint density at radius 3 is 1.28 bits per heavy atom. The largest absolute Gasteiger partial charge is 0.247 e. The highest BCUT2D eigenvalue weighted by molar-refractivity contribution is 5.22. The molecule has 0 bridgehead atoms. The number of rotatable bonds is 4. The summed E-state index contributed by atoms with van der Waals surface area (Å²) >= 11 is 0. The molecular formula is C21H36N4. The molecule has 2 rings (SSSR count). The Kier molecular flexibility index (Phi) is 5.23. The van der Waals surface area contributed by atoms with E-state index in [1.807, 2.05) is 0 Å². The Bertz CT molecular complexity index is 656. The van der Waals surface area contributed by atoms with Crippen LogP contribution in [0, 0.1) is 0 Å². The van der Waals surface area contributed by atoms with Gasteiger partial charge in [-0.1, -0.05) is 69.2 Å². The van der Waals surface area contributed by atoms with Crippen LogP contribution in [-0.4, -0.2) is 19.6 Å². The van der Waals surface area contributed by atoms with Gasteiger partial charge in [0.05, 0.1) is 11.4 Å². The first-order valence-electron chi connectivity index (χ1n) is 9.47. The molecule has 0 radical (unpaired) electrons. The maximum absolute atomic E-state index is 4.90. The highest BCUT2D eigenvalue weighted by Gasteiger charge is 2.25. The average Bonchev–Trinajstić information content (AvgIpc) is 3.02. The minimum absolute atomic E-state index is 0.0517. The van der Waals surface area contributed by atoms with Crippen molar-refractivity contribution in [2.75, 3.05) is 0 Å². The highest BCUT2D eigenvalue weighted by Crippen LogP contribution is 2.29. The van der Waals surface area contributed by atoms with E-state index in [0.717, 1.165) is 11.4 Å². The summed E-state index contributed by atoms with van der Waals surface area (Å²) in [5.41, 5.74) is 4.93. The predicted molar refractivity (Wildman–Crippen MR) is 105 cm³/mol. The van der Waals surface area contributed by atoms with Gasteiger partial charge in [0, 0.05) is 22.2 Å². The molecule has 0 saturated carbocycles. The van der Waals surface area contributed by atoms with E-state index >= 15 is 0 Å². The summed E-state index contributed by atoms with van der Waals surface area (Å²) in [4.78, 5) is 0. The zero-order chi connectivity index (χ0) is 19.2. The highest BCUT2D eigenvalue weighted by atomic mass is 15.4. The molecule has 0 atom stereocenters. The molecule has 25 heavy (non-hydrogen) atoms. The van der Waals surface area contributed by atoms with Crippen LogP contribution in [0.1, 0.15) is 104 Å². The summed E-state index contributed by atoms with van der Waals surface area (Å²) in [7, 11) is 0. The van der Waals surface area contributed by atoms with E-state index in [-0.39, 0.29) is 10.8 Å². The zero-order valence-corrected chi connectivity index (χ0v) is 17.8. The summed E-state index contributed by atoms with van der Waals surface area (Å²) in [6.45, 7) is 22.9. The van der Waals surface area contributed by atoms with Gasteiger partial charge in [0.1, 0.15) is 6.67 Å². The minimum Gasteiger partial charge on any atom is -0.247 e. The molecule has 0 unspecified atom stereocenters. The molecule has 2 heterocycles. The number of nitrogens with zero attached hydrogens (tertiary/aromatic N) is 4. The van der Waals surface area contributed by atoms with E-state index in [1.165, 1.54) is 11.4 Å². The third-order valence-corrected chi connectivity index (χ3v) is 4.59. The van der Waals surface area contributed by atoms with Crippen LogP contribution in [0.3, 0.4) is 0 Å². The third kappa shape index (κ3) is 4.34. The SMILES string of the molecule is CC(C)c1cc(C(C)(C)C)n(Cn2nc(C(C)C)cc2C(C)(C)C)n1.